The molecule has 5 heteroatoms. The van der Waals surface area contributed by atoms with E-state index in [9.17, 15) is 4.79 Å². The van der Waals surface area contributed by atoms with Gasteiger partial charge < -0.3 is 10.8 Å². The fraction of sp³-hybridized carbons (Fsp3) is 0.600. The summed E-state index contributed by atoms with van der Waals surface area (Å²) >= 11 is 0. The third-order valence-corrected chi connectivity index (χ3v) is 3.04. The molecule has 1 aliphatic carbocycles. The molecule has 0 unspecified atom stereocenters. The van der Waals surface area contributed by atoms with Gasteiger partial charge in [-0.05, 0) is 25.7 Å². The lowest BCUT2D eigenvalue weighted by Crippen LogP contribution is -2.23. The Hall–Kier alpha value is -1.52. The van der Waals surface area contributed by atoms with Crippen LogP contribution >= 0.6 is 0 Å². The molecule has 2 rings (SSSR count). The Bertz CT molecular complexity index is 353. The summed E-state index contributed by atoms with van der Waals surface area (Å²) in [7, 11) is 0. The van der Waals surface area contributed by atoms with Crippen molar-refractivity contribution >= 4 is 11.7 Å². The van der Waals surface area contributed by atoms with Crippen molar-refractivity contribution in [3.63, 3.8) is 0 Å². The molecule has 0 amide bonds. The molecule has 1 aromatic heterocycles. The highest BCUT2D eigenvalue weighted by atomic mass is 16.4. The summed E-state index contributed by atoms with van der Waals surface area (Å²) in [5, 5.41) is 13.0. The summed E-state index contributed by atoms with van der Waals surface area (Å²) in [6.07, 6.45) is 6.66. The SMILES string of the molecule is Nc1cnn(C2CCC(C(=O)O)CC2)c1. The van der Waals surface area contributed by atoms with Crippen LogP contribution in [0.4, 0.5) is 5.69 Å². The minimum Gasteiger partial charge on any atom is -0.481 e. The second-order valence-corrected chi connectivity index (χ2v) is 4.10. The first-order valence-corrected chi connectivity index (χ1v) is 5.19. The summed E-state index contributed by atoms with van der Waals surface area (Å²) in [6, 6.07) is 0.317. The molecule has 15 heavy (non-hydrogen) atoms. The van der Waals surface area contributed by atoms with Crippen molar-refractivity contribution in [2.75, 3.05) is 5.73 Å². The summed E-state index contributed by atoms with van der Waals surface area (Å²) in [6.45, 7) is 0. The van der Waals surface area contributed by atoms with Gasteiger partial charge in [0.05, 0.1) is 23.8 Å². The molecule has 0 radical (unpaired) electrons. The van der Waals surface area contributed by atoms with Crippen LogP contribution in [-0.4, -0.2) is 20.9 Å². The van der Waals surface area contributed by atoms with Crippen LogP contribution in [0.5, 0.6) is 0 Å². The van der Waals surface area contributed by atoms with E-state index < -0.39 is 5.97 Å². The van der Waals surface area contributed by atoms with Crippen LogP contribution in [0.3, 0.4) is 0 Å². The molecular formula is C10H15N3O2. The molecule has 1 fully saturated rings. The number of aliphatic carboxylic acids is 1. The van der Waals surface area contributed by atoms with Crippen LogP contribution in [0.1, 0.15) is 31.7 Å². The number of nitrogens with zero attached hydrogens (tertiary/aromatic N) is 2. The first-order valence-electron chi connectivity index (χ1n) is 5.19. The van der Waals surface area contributed by atoms with E-state index in [1.807, 2.05) is 10.9 Å². The van der Waals surface area contributed by atoms with E-state index in [1.54, 1.807) is 6.20 Å². The number of hydrogen-bond donors (Lipinski definition) is 2. The average Bonchev–Trinajstić information content (AvgIpc) is 2.65. The molecule has 0 aromatic carbocycles. The maximum absolute atomic E-state index is 10.8. The van der Waals surface area contributed by atoms with E-state index in [2.05, 4.69) is 5.10 Å². The Morgan fingerprint density at radius 1 is 1.47 bits per heavy atom. The molecule has 82 valence electrons. The van der Waals surface area contributed by atoms with Gasteiger partial charge in [0.15, 0.2) is 0 Å². The number of anilines is 1. The molecule has 1 aliphatic rings. The van der Waals surface area contributed by atoms with E-state index in [0.717, 1.165) is 25.7 Å². The highest BCUT2D eigenvalue weighted by molar-refractivity contribution is 5.70. The second-order valence-electron chi connectivity index (χ2n) is 4.10. The number of carbonyl (C=O) groups is 1. The number of nitrogen functional groups attached to an aromatic ring is 1. The lowest BCUT2D eigenvalue weighted by Gasteiger charge is -2.26. The molecular weight excluding hydrogens is 194 g/mol. The molecule has 0 aliphatic heterocycles. The number of aromatic nitrogens is 2. The van der Waals surface area contributed by atoms with Crippen LogP contribution in [-0.2, 0) is 4.79 Å². The molecule has 3 N–H and O–H groups in total. The van der Waals surface area contributed by atoms with Crippen molar-refractivity contribution in [1.29, 1.82) is 0 Å². The monoisotopic (exact) mass is 209 g/mol. The molecule has 0 spiro atoms. The van der Waals surface area contributed by atoms with E-state index in [1.165, 1.54) is 0 Å². The van der Waals surface area contributed by atoms with E-state index in [0.29, 0.717) is 11.7 Å². The number of nitrogens with two attached hydrogens (primary N) is 1. The Morgan fingerprint density at radius 2 is 2.13 bits per heavy atom. The first-order chi connectivity index (χ1) is 7.16. The van der Waals surface area contributed by atoms with Gasteiger partial charge in [-0.3, -0.25) is 9.48 Å². The van der Waals surface area contributed by atoms with Gasteiger partial charge in [-0.1, -0.05) is 0 Å². The second kappa shape index (κ2) is 3.92. The predicted octanol–water partition coefficient (Wildman–Crippen LogP) is 1.28. The van der Waals surface area contributed by atoms with Gasteiger partial charge in [0, 0.05) is 6.20 Å². The van der Waals surface area contributed by atoms with Crippen molar-refractivity contribution in [3.8, 4) is 0 Å². The van der Waals surface area contributed by atoms with Crippen molar-refractivity contribution in [2.24, 2.45) is 5.92 Å². The Morgan fingerprint density at radius 3 is 2.60 bits per heavy atom. The van der Waals surface area contributed by atoms with Crippen LogP contribution in [0.25, 0.3) is 0 Å². The molecule has 1 heterocycles. The van der Waals surface area contributed by atoms with E-state index in [4.69, 9.17) is 10.8 Å². The molecule has 0 saturated heterocycles. The topological polar surface area (TPSA) is 81.1 Å². The summed E-state index contributed by atoms with van der Waals surface area (Å²) in [5.74, 6) is -0.845. The lowest BCUT2D eigenvalue weighted by atomic mass is 9.86. The molecule has 0 atom stereocenters. The summed E-state index contributed by atoms with van der Waals surface area (Å²) in [4.78, 5) is 10.8. The van der Waals surface area contributed by atoms with Crippen molar-refractivity contribution in [2.45, 2.75) is 31.7 Å². The summed E-state index contributed by atoms with van der Waals surface area (Å²) in [5.41, 5.74) is 6.25. The van der Waals surface area contributed by atoms with Gasteiger partial charge in [0.1, 0.15) is 0 Å². The Kier molecular flexibility index (Phi) is 2.62. The van der Waals surface area contributed by atoms with Crippen molar-refractivity contribution in [3.05, 3.63) is 12.4 Å². The number of hydrogen-bond acceptors (Lipinski definition) is 3. The lowest BCUT2D eigenvalue weighted by molar-refractivity contribution is -0.143. The minimum absolute atomic E-state index is 0.172. The maximum Gasteiger partial charge on any atom is 0.306 e. The highest BCUT2D eigenvalue weighted by Crippen LogP contribution is 2.32. The molecule has 1 saturated carbocycles. The average molecular weight is 209 g/mol. The molecule has 5 nitrogen and oxygen atoms in total. The highest BCUT2D eigenvalue weighted by Gasteiger charge is 2.26. The molecule has 1 aromatic rings. The van der Waals surface area contributed by atoms with Gasteiger partial charge in [-0.25, -0.2) is 0 Å². The smallest absolute Gasteiger partial charge is 0.306 e. The number of carboxylic acid groups (broad SMARTS) is 1. The number of rotatable bonds is 2. The Labute approximate surface area is 87.9 Å². The van der Waals surface area contributed by atoms with E-state index in [-0.39, 0.29) is 5.92 Å². The van der Waals surface area contributed by atoms with Gasteiger partial charge in [-0.2, -0.15) is 5.10 Å². The standard InChI is InChI=1S/C10H15N3O2/c11-8-5-12-13(6-8)9-3-1-7(2-4-9)10(14)15/h5-7,9H,1-4,11H2,(H,14,15). The largest absolute Gasteiger partial charge is 0.481 e. The fourth-order valence-corrected chi connectivity index (χ4v) is 2.14. The van der Waals surface area contributed by atoms with Crippen LogP contribution in [0, 0.1) is 5.92 Å². The number of carboxylic acids is 1. The molecule has 0 bridgehead atoms. The normalized spacial score (nSPS) is 26.4. The third kappa shape index (κ3) is 2.11. The van der Waals surface area contributed by atoms with Crippen LogP contribution in [0.15, 0.2) is 12.4 Å². The first kappa shape index (κ1) is 10.0. The van der Waals surface area contributed by atoms with Gasteiger partial charge in [0.25, 0.3) is 0 Å². The maximum atomic E-state index is 10.8. The minimum atomic E-state index is -0.673. The van der Waals surface area contributed by atoms with Gasteiger partial charge in [0.2, 0.25) is 0 Å². The third-order valence-electron chi connectivity index (χ3n) is 3.04. The van der Waals surface area contributed by atoms with Crippen molar-refractivity contribution in [1.82, 2.24) is 9.78 Å². The van der Waals surface area contributed by atoms with Crippen LogP contribution < -0.4 is 5.73 Å². The van der Waals surface area contributed by atoms with Gasteiger partial charge in [-0.15, -0.1) is 0 Å². The summed E-state index contributed by atoms with van der Waals surface area (Å²) < 4.78 is 1.85. The quantitative estimate of drug-likeness (QED) is 0.768. The fourth-order valence-electron chi connectivity index (χ4n) is 2.14. The zero-order valence-electron chi connectivity index (χ0n) is 8.47. The van der Waals surface area contributed by atoms with Gasteiger partial charge >= 0.3 is 5.97 Å². The zero-order valence-corrected chi connectivity index (χ0v) is 8.47. The van der Waals surface area contributed by atoms with E-state index >= 15 is 0 Å². The Balaban J connectivity index is 1.96. The zero-order chi connectivity index (χ0) is 10.8. The predicted molar refractivity (Wildman–Crippen MR) is 55.3 cm³/mol. The van der Waals surface area contributed by atoms with Crippen LogP contribution in [0.2, 0.25) is 0 Å². The van der Waals surface area contributed by atoms with Crippen molar-refractivity contribution < 1.29 is 9.90 Å².